The number of aryl methyl sites for hydroxylation is 1. The Morgan fingerprint density at radius 1 is 1.44 bits per heavy atom. The van der Waals surface area contributed by atoms with E-state index in [2.05, 4.69) is 10.3 Å². The van der Waals surface area contributed by atoms with Crippen molar-refractivity contribution in [2.24, 2.45) is 0 Å². The van der Waals surface area contributed by atoms with Crippen LogP contribution in [-0.4, -0.2) is 27.3 Å². The largest absolute Gasteiger partial charge is 0.467 e. The molecule has 27 heavy (non-hydrogen) atoms. The second-order valence-corrected chi connectivity index (χ2v) is 8.96. The fourth-order valence-corrected chi connectivity index (χ4v) is 5.13. The Morgan fingerprint density at radius 3 is 3.00 bits per heavy atom. The van der Waals surface area contributed by atoms with Gasteiger partial charge in [-0.15, -0.1) is 11.3 Å². The van der Waals surface area contributed by atoms with Crippen molar-refractivity contribution >= 4 is 39.2 Å². The molecule has 1 N–H and O–H groups in total. The highest BCUT2D eigenvalue weighted by Crippen LogP contribution is 2.25. The molecule has 1 fully saturated rings. The van der Waals surface area contributed by atoms with E-state index in [1.165, 1.54) is 35.9 Å². The van der Waals surface area contributed by atoms with E-state index in [0.717, 1.165) is 17.7 Å². The van der Waals surface area contributed by atoms with Gasteiger partial charge < -0.3 is 9.73 Å². The van der Waals surface area contributed by atoms with E-state index in [4.69, 9.17) is 4.42 Å². The lowest BCUT2D eigenvalue weighted by Gasteiger charge is -2.13. The Morgan fingerprint density at radius 2 is 2.26 bits per heavy atom. The Hall–Kier alpha value is -2.06. The molecule has 8 heteroatoms. The molecule has 6 nitrogen and oxygen atoms in total. The van der Waals surface area contributed by atoms with Gasteiger partial charge in [0.2, 0.25) is 5.91 Å². The number of aromatic nitrogens is 2. The molecule has 0 aliphatic heterocycles. The number of nitrogens with one attached hydrogen (secondary N) is 1. The van der Waals surface area contributed by atoms with E-state index >= 15 is 0 Å². The Bertz CT molecular complexity index is 1000. The van der Waals surface area contributed by atoms with Crippen molar-refractivity contribution in [1.29, 1.82) is 0 Å². The summed E-state index contributed by atoms with van der Waals surface area (Å²) in [6, 6.07) is 5.79. The van der Waals surface area contributed by atoms with Crippen molar-refractivity contribution in [1.82, 2.24) is 14.9 Å². The Kier molecular flexibility index (Phi) is 5.36. The van der Waals surface area contributed by atoms with Crippen LogP contribution < -0.4 is 10.9 Å². The summed E-state index contributed by atoms with van der Waals surface area (Å²) >= 11 is 2.80. The van der Waals surface area contributed by atoms with Gasteiger partial charge in [0.25, 0.3) is 5.56 Å². The molecule has 3 aromatic rings. The number of hydrogen-bond donors (Lipinski definition) is 1. The molecule has 0 aromatic carbocycles. The van der Waals surface area contributed by atoms with E-state index in [0.29, 0.717) is 33.7 Å². The average Bonchev–Trinajstić information content (AvgIpc) is 3.38. The van der Waals surface area contributed by atoms with Crippen LogP contribution in [0.3, 0.4) is 0 Å². The number of carbonyl (C=O) groups excluding carboxylic acids is 1. The van der Waals surface area contributed by atoms with Crippen LogP contribution >= 0.6 is 23.1 Å². The number of thiophene rings is 1. The first-order valence-corrected chi connectivity index (χ1v) is 10.9. The zero-order valence-corrected chi connectivity index (χ0v) is 16.7. The zero-order valence-electron chi connectivity index (χ0n) is 15.1. The van der Waals surface area contributed by atoms with Gasteiger partial charge in [-0.05, 0) is 38.0 Å². The van der Waals surface area contributed by atoms with Gasteiger partial charge in [-0.2, -0.15) is 0 Å². The molecular formula is C19H21N3O3S2. The minimum Gasteiger partial charge on any atom is -0.467 e. The van der Waals surface area contributed by atoms with Crippen LogP contribution in [-0.2, 0) is 11.3 Å². The van der Waals surface area contributed by atoms with Crippen LogP contribution in [0.15, 0.2) is 38.8 Å². The molecule has 1 saturated carbocycles. The molecule has 142 valence electrons. The minimum atomic E-state index is -0.0977. The molecule has 1 aliphatic carbocycles. The van der Waals surface area contributed by atoms with Crippen molar-refractivity contribution in [3.8, 4) is 0 Å². The number of amides is 1. The van der Waals surface area contributed by atoms with Gasteiger partial charge in [0.05, 0.1) is 23.9 Å². The van der Waals surface area contributed by atoms with Gasteiger partial charge in [-0.3, -0.25) is 14.2 Å². The maximum Gasteiger partial charge on any atom is 0.263 e. The molecule has 0 radical (unpaired) electrons. The molecule has 0 saturated heterocycles. The summed E-state index contributed by atoms with van der Waals surface area (Å²) in [7, 11) is 0. The lowest BCUT2D eigenvalue weighted by Crippen LogP contribution is -2.34. The van der Waals surface area contributed by atoms with E-state index in [9.17, 15) is 9.59 Å². The lowest BCUT2D eigenvalue weighted by atomic mass is 10.2. The van der Waals surface area contributed by atoms with E-state index < -0.39 is 0 Å². The normalized spacial score (nSPS) is 14.9. The van der Waals surface area contributed by atoms with Crippen LogP contribution in [0, 0.1) is 6.92 Å². The van der Waals surface area contributed by atoms with Gasteiger partial charge in [0.15, 0.2) is 5.16 Å². The summed E-state index contributed by atoms with van der Waals surface area (Å²) in [6.45, 7) is 2.26. The average molecular weight is 404 g/mol. The first-order chi connectivity index (χ1) is 13.1. The molecule has 0 bridgehead atoms. The summed E-state index contributed by atoms with van der Waals surface area (Å²) < 4.78 is 7.00. The SMILES string of the molecule is Cc1cc2c(=O)n(Cc3ccco3)c(SCC(=O)NC3CCCC3)nc2s1. The molecule has 0 atom stereocenters. The predicted molar refractivity (Wildman–Crippen MR) is 108 cm³/mol. The number of nitrogens with zero attached hydrogens (tertiary/aromatic N) is 2. The highest BCUT2D eigenvalue weighted by atomic mass is 32.2. The fraction of sp³-hybridized carbons (Fsp3) is 0.421. The first-order valence-electron chi connectivity index (χ1n) is 9.05. The first kappa shape index (κ1) is 18.3. The van der Waals surface area contributed by atoms with Crippen molar-refractivity contribution in [3.63, 3.8) is 0 Å². The smallest absolute Gasteiger partial charge is 0.263 e. The number of hydrogen-bond acceptors (Lipinski definition) is 6. The molecule has 3 aromatic heterocycles. The van der Waals surface area contributed by atoms with Gasteiger partial charge in [0.1, 0.15) is 10.6 Å². The van der Waals surface area contributed by atoms with E-state index in [1.54, 1.807) is 16.9 Å². The summed E-state index contributed by atoms with van der Waals surface area (Å²) in [5.41, 5.74) is -0.0977. The quantitative estimate of drug-likeness (QED) is 0.503. The van der Waals surface area contributed by atoms with Gasteiger partial charge in [0, 0.05) is 10.9 Å². The number of thioether (sulfide) groups is 1. The third kappa shape index (κ3) is 4.11. The Balaban J connectivity index is 1.59. The topological polar surface area (TPSA) is 77.1 Å². The number of rotatable bonds is 6. The molecule has 0 unspecified atom stereocenters. The molecule has 1 aliphatic rings. The summed E-state index contributed by atoms with van der Waals surface area (Å²) in [5.74, 6) is 0.923. The third-order valence-electron chi connectivity index (χ3n) is 4.69. The van der Waals surface area contributed by atoms with Crippen LogP contribution in [0.4, 0.5) is 0 Å². The molecule has 3 heterocycles. The highest BCUT2D eigenvalue weighted by molar-refractivity contribution is 7.99. The summed E-state index contributed by atoms with van der Waals surface area (Å²) in [6.07, 6.45) is 6.05. The second-order valence-electron chi connectivity index (χ2n) is 6.78. The summed E-state index contributed by atoms with van der Waals surface area (Å²) in [5, 5.41) is 4.24. The van der Waals surface area contributed by atoms with Crippen molar-refractivity contribution in [2.45, 2.75) is 50.4 Å². The van der Waals surface area contributed by atoms with Crippen LogP contribution in [0.5, 0.6) is 0 Å². The second kappa shape index (κ2) is 7.90. The van der Waals surface area contributed by atoms with Gasteiger partial charge in [-0.25, -0.2) is 4.98 Å². The molecule has 4 rings (SSSR count). The Labute approximate surface area is 165 Å². The standard InChI is InChI=1S/C19H21N3O3S2/c1-12-9-15-17(27-12)21-19(22(18(15)24)10-14-7-4-8-25-14)26-11-16(23)20-13-5-2-3-6-13/h4,7-9,13H,2-3,5-6,10-11H2,1H3,(H,20,23). The molecule has 0 spiro atoms. The lowest BCUT2D eigenvalue weighted by molar-refractivity contribution is -0.119. The van der Waals surface area contributed by atoms with E-state index in [-0.39, 0.29) is 17.2 Å². The maximum absolute atomic E-state index is 13.0. The predicted octanol–water partition coefficient (Wildman–Crippen LogP) is 3.56. The van der Waals surface area contributed by atoms with Gasteiger partial charge in [-0.1, -0.05) is 24.6 Å². The summed E-state index contributed by atoms with van der Waals surface area (Å²) in [4.78, 5) is 31.7. The fourth-order valence-electron chi connectivity index (χ4n) is 3.40. The van der Waals surface area contributed by atoms with Crippen molar-refractivity contribution in [3.05, 3.63) is 45.5 Å². The molecular weight excluding hydrogens is 382 g/mol. The van der Waals surface area contributed by atoms with Crippen LogP contribution in [0.2, 0.25) is 0 Å². The van der Waals surface area contributed by atoms with Gasteiger partial charge >= 0.3 is 0 Å². The molecule has 1 amide bonds. The highest BCUT2D eigenvalue weighted by Gasteiger charge is 2.19. The third-order valence-corrected chi connectivity index (χ3v) is 6.61. The van der Waals surface area contributed by atoms with Crippen LogP contribution in [0.1, 0.15) is 36.3 Å². The number of carbonyl (C=O) groups is 1. The minimum absolute atomic E-state index is 0.00634. The number of fused-ring (bicyclic) bond motifs is 1. The van der Waals surface area contributed by atoms with Crippen molar-refractivity contribution in [2.75, 3.05) is 5.75 Å². The monoisotopic (exact) mass is 403 g/mol. The maximum atomic E-state index is 13.0. The van der Waals surface area contributed by atoms with Crippen molar-refractivity contribution < 1.29 is 9.21 Å². The number of furan rings is 1. The zero-order chi connectivity index (χ0) is 18.8. The van der Waals surface area contributed by atoms with Crippen LogP contribution in [0.25, 0.3) is 10.2 Å². The van der Waals surface area contributed by atoms with E-state index in [1.807, 2.05) is 19.1 Å².